The second-order valence-electron chi connectivity index (χ2n) is 7.58. The molecule has 0 bridgehead atoms. The monoisotopic (exact) mass is 499 g/mol. The van der Waals surface area contributed by atoms with Crippen molar-refractivity contribution < 1.29 is 21.6 Å². The van der Waals surface area contributed by atoms with Crippen LogP contribution in [0.15, 0.2) is 90.3 Å². The summed E-state index contributed by atoms with van der Waals surface area (Å²) in [6.07, 6.45) is 2.57. The predicted molar refractivity (Wildman–Crippen MR) is 135 cm³/mol. The van der Waals surface area contributed by atoms with Crippen LogP contribution in [0, 0.1) is 6.92 Å². The molecule has 10 heteroatoms. The number of nitrogens with one attached hydrogen (secondary N) is 2. The Morgan fingerprint density at radius 2 is 1.59 bits per heavy atom. The predicted octanol–water partition coefficient (Wildman–Crippen LogP) is 4.00. The lowest BCUT2D eigenvalue weighted by Crippen LogP contribution is -2.29. The molecule has 0 saturated heterocycles. The molecule has 0 saturated carbocycles. The van der Waals surface area contributed by atoms with E-state index in [1.165, 1.54) is 58.9 Å². The number of sulfonamides is 2. The normalized spacial score (nSPS) is 11.5. The molecule has 2 N–H and O–H groups in total. The minimum absolute atomic E-state index is 0.0550. The van der Waals surface area contributed by atoms with Gasteiger partial charge in [0.25, 0.3) is 15.9 Å². The van der Waals surface area contributed by atoms with Crippen molar-refractivity contribution in [1.82, 2.24) is 0 Å². The lowest BCUT2D eigenvalue weighted by atomic mass is 10.2. The first kappa shape index (κ1) is 25.0. The van der Waals surface area contributed by atoms with Crippen LogP contribution >= 0.6 is 0 Å². The van der Waals surface area contributed by atoms with Crippen LogP contribution in [0.25, 0.3) is 0 Å². The second kappa shape index (κ2) is 10.1. The van der Waals surface area contributed by atoms with Gasteiger partial charge in [-0.15, -0.1) is 6.58 Å². The Labute approximate surface area is 200 Å². The highest BCUT2D eigenvalue weighted by atomic mass is 32.2. The molecule has 34 heavy (non-hydrogen) atoms. The summed E-state index contributed by atoms with van der Waals surface area (Å²) in [6, 6.07) is 18.9. The van der Waals surface area contributed by atoms with Gasteiger partial charge in [0.05, 0.1) is 23.4 Å². The van der Waals surface area contributed by atoms with E-state index in [2.05, 4.69) is 16.6 Å². The molecule has 0 aliphatic rings. The van der Waals surface area contributed by atoms with Crippen molar-refractivity contribution in [3.8, 4) is 0 Å². The van der Waals surface area contributed by atoms with E-state index >= 15 is 0 Å². The Kier molecular flexibility index (Phi) is 7.43. The third-order valence-corrected chi connectivity index (χ3v) is 7.36. The first-order valence-electron chi connectivity index (χ1n) is 10.2. The van der Waals surface area contributed by atoms with Gasteiger partial charge in [-0.3, -0.25) is 13.8 Å². The van der Waals surface area contributed by atoms with Gasteiger partial charge >= 0.3 is 0 Å². The third-order valence-electron chi connectivity index (χ3n) is 4.81. The van der Waals surface area contributed by atoms with Gasteiger partial charge in [-0.25, -0.2) is 16.8 Å². The zero-order valence-electron chi connectivity index (χ0n) is 18.7. The molecule has 0 spiro atoms. The quantitative estimate of drug-likeness (QED) is 0.432. The minimum atomic E-state index is -3.78. The number of carbonyl (C=O) groups is 1. The summed E-state index contributed by atoms with van der Waals surface area (Å²) in [5.74, 6) is -0.422. The van der Waals surface area contributed by atoms with Crippen LogP contribution in [0.2, 0.25) is 0 Å². The smallest absolute Gasteiger partial charge is 0.261 e. The molecule has 0 heterocycles. The van der Waals surface area contributed by atoms with Crippen molar-refractivity contribution in [3.05, 3.63) is 96.6 Å². The second-order valence-corrected chi connectivity index (χ2v) is 11.2. The lowest BCUT2D eigenvalue weighted by Gasteiger charge is -2.20. The molecule has 0 fully saturated rings. The van der Waals surface area contributed by atoms with E-state index in [-0.39, 0.29) is 11.4 Å². The molecule has 8 nitrogen and oxygen atoms in total. The van der Waals surface area contributed by atoms with Gasteiger partial charge in [0.15, 0.2) is 0 Å². The Bertz CT molecular complexity index is 1400. The summed E-state index contributed by atoms with van der Waals surface area (Å²) in [6.45, 7) is 5.54. The van der Waals surface area contributed by atoms with Crippen molar-refractivity contribution in [1.29, 1.82) is 0 Å². The van der Waals surface area contributed by atoms with Crippen LogP contribution in [0.1, 0.15) is 15.9 Å². The van der Waals surface area contributed by atoms with Crippen molar-refractivity contribution in [2.24, 2.45) is 0 Å². The SMILES string of the molecule is C=CCN(c1ccc(C(=O)Nc2ccc(S(=O)(=O)Nc3cccc(C)c3)cc2)cc1)S(C)(=O)=O. The fourth-order valence-corrected chi connectivity index (χ4v) is 5.10. The summed E-state index contributed by atoms with van der Waals surface area (Å²) in [5, 5.41) is 2.70. The highest BCUT2D eigenvalue weighted by molar-refractivity contribution is 7.92. The summed E-state index contributed by atoms with van der Waals surface area (Å²) in [7, 11) is -7.27. The molecule has 0 aliphatic carbocycles. The van der Waals surface area contributed by atoms with Crippen molar-refractivity contribution in [2.45, 2.75) is 11.8 Å². The standard InChI is InChI=1S/C24H25N3O5S2/c1-4-16-27(33(3,29)30)22-12-8-19(9-13-22)24(28)25-20-10-14-23(15-11-20)34(31,32)26-21-7-5-6-18(2)17-21/h4-15,17,26H,1,16H2,2-3H3,(H,25,28). The maximum absolute atomic E-state index is 12.6. The van der Waals surface area contributed by atoms with E-state index in [1.54, 1.807) is 18.2 Å². The number of amides is 1. The molecule has 0 radical (unpaired) electrons. The van der Waals surface area contributed by atoms with E-state index in [0.717, 1.165) is 11.8 Å². The van der Waals surface area contributed by atoms with Gasteiger partial charge < -0.3 is 5.32 Å². The fraction of sp³-hybridized carbons (Fsp3) is 0.125. The third kappa shape index (κ3) is 6.24. The number of aryl methyl sites for hydroxylation is 1. The van der Waals surface area contributed by atoms with Crippen molar-refractivity contribution >= 4 is 43.0 Å². The summed E-state index contributed by atoms with van der Waals surface area (Å²) < 4.78 is 52.8. The first-order chi connectivity index (χ1) is 16.0. The maximum atomic E-state index is 12.6. The van der Waals surface area contributed by atoms with Crippen molar-refractivity contribution in [3.63, 3.8) is 0 Å². The van der Waals surface area contributed by atoms with Crippen LogP contribution in [0.4, 0.5) is 17.1 Å². The number of carbonyl (C=O) groups excluding carboxylic acids is 1. The molecule has 1 amide bonds. The maximum Gasteiger partial charge on any atom is 0.261 e. The lowest BCUT2D eigenvalue weighted by molar-refractivity contribution is 0.102. The van der Waals surface area contributed by atoms with E-state index in [1.807, 2.05) is 13.0 Å². The van der Waals surface area contributed by atoms with Crippen LogP contribution in [0.5, 0.6) is 0 Å². The molecule has 3 aromatic carbocycles. The van der Waals surface area contributed by atoms with Crippen LogP contribution in [-0.2, 0) is 20.0 Å². The Morgan fingerprint density at radius 3 is 2.15 bits per heavy atom. The van der Waals surface area contributed by atoms with Gasteiger partial charge in [0.2, 0.25) is 10.0 Å². The number of benzene rings is 3. The van der Waals surface area contributed by atoms with Gasteiger partial charge in [0, 0.05) is 16.9 Å². The number of hydrogen-bond donors (Lipinski definition) is 2. The Morgan fingerprint density at radius 1 is 0.941 bits per heavy atom. The number of hydrogen-bond acceptors (Lipinski definition) is 5. The van der Waals surface area contributed by atoms with Crippen molar-refractivity contribution in [2.75, 3.05) is 27.1 Å². The number of rotatable bonds is 9. The molecule has 0 aromatic heterocycles. The average molecular weight is 500 g/mol. The molecule has 3 rings (SSSR count). The molecular weight excluding hydrogens is 474 g/mol. The topological polar surface area (TPSA) is 113 Å². The molecule has 178 valence electrons. The van der Waals surface area contributed by atoms with Crippen LogP contribution in [-0.4, -0.2) is 35.5 Å². The fourth-order valence-electron chi connectivity index (χ4n) is 3.17. The Hall–Kier alpha value is -3.63. The van der Waals surface area contributed by atoms with Crippen LogP contribution in [0.3, 0.4) is 0 Å². The summed E-state index contributed by atoms with van der Waals surface area (Å²) in [4.78, 5) is 12.6. The van der Waals surface area contributed by atoms with Gasteiger partial charge in [-0.1, -0.05) is 18.2 Å². The first-order valence-corrected chi connectivity index (χ1v) is 13.5. The van der Waals surface area contributed by atoms with E-state index < -0.39 is 26.0 Å². The molecule has 0 atom stereocenters. The molecule has 0 unspecified atom stereocenters. The average Bonchev–Trinajstić information content (AvgIpc) is 2.77. The Balaban J connectivity index is 1.70. The van der Waals surface area contributed by atoms with E-state index in [4.69, 9.17) is 0 Å². The van der Waals surface area contributed by atoms with Crippen LogP contribution < -0.4 is 14.3 Å². The van der Waals surface area contributed by atoms with Gasteiger partial charge in [-0.2, -0.15) is 0 Å². The molecule has 3 aromatic rings. The summed E-state index contributed by atoms with van der Waals surface area (Å²) in [5.41, 5.74) is 2.52. The largest absolute Gasteiger partial charge is 0.322 e. The van der Waals surface area contributed by atoms with E-state index in [0.29, 0.717) is 22.6 Å². The zero-order valence-corrected chi connectivity index (χ0v) is 20.4. The van der Waals surface area contributed by atoms with Gasteiger partial charge in [0.1, 0.15) is 0 Å². The van der Waals surface area contributed by atoms with Gasteiger partial charge in [-0.05, 0) is 73.2 Å². The summed E-state index contributed by atoms with van der Waals surface area (Å²) >= 11 is 0. The molecular formula is C24H25N3O5S2. The highest BCUT2D eigenvalue weighted by Crippen LogP contribution is 2.21. The number of anilines is 3. The van der Waals surface area contributed by atoms with E-state index in [9.17, 15) is 21.6 Å². The molecule has 0 aliphatic heterocycles. The number of nitrogens with zero attached hydrogens (tertiary/aromatic N) is 1. The zero-order chi connectivity index (χ0) is 24.9. The minimum Gasteiger partial charge on any atom is -0.322 e. The highest BCUT2D eigenvalue weighted by Gasteiger charge is 2.17.